The number of anilines is 1. The lowest BCUT2D eigenvalue weighted by atomic mass is 10.2. The van der Waals surface area contributed by atoms with Crippen molar-refractivity contribution in [3.8, 4) is 0 Å². The number of hydrogen-bond acceptors (Lipinski definition) is 3. The van der Waals surface area contributed by atoms with E-state index < -0.39 is 0 Å². The molecule has 1 aliphatic rings. The average molecular weight is 293 g/mol. The highest BCUT2D eigenvalue weighted by molar-refractivity contribution is 5.92. The fraction of sp³-hybridized carbons (Fsp3) is 0.562. The molecule has 1 amide bonds. The van der Waals surface area contributed by atoms with Crippen molar-refractivity contribution >= 4 is 11.6 Å². The van der Waals surface area contributed by atoms with E-state index in [4.69, 9.17) is 0 Å². The second-order valence-electron chi connectivity index (χ2n) is 5.87. The molecule has 2 rings (SSSR count). The highest BCUT2D eigenvalue weighted by Crippen LogP contribution is 2.11. The molecule has 4 nitrogen and oxygen atoms in total. The molecule has 0 aliphatic carbocycles. The van der Waals surface area contributed by atoms with Gasteiger partial charge in [0.1, 0.15) is 5.82 Å². The van der Waals surface area contributed by atoms with E-state index in [9.17, 15) is 9.18 Å². The zero-order valence-electron chi connectivity index (χ0n) is 12.7. The van der Waals surface area contributed by atoms with Gasteiger partial charge in [-0.25, -0.2) is 4.39 Å². The van der Waals surface area contributed by atoms with Crippen molar-refractivity contribution in [2.45, 2.75) is 38.8 Å². The van der Waals surface area contributed by atoms with Gasteiger partial charge in [0.15, 0.2) is 0 Å². The first-order valence-electron chi connectivity index (χ1n) is 7.57. The Kier molecular flexibility index (Phi) is 5.70. The molecule has 2 N–H and O–H groups in total. The Balaban J connectivity index is 1.88. The summed E-state index contributed by atoms with van der Waals surface area (Å²) in [6.45, 7) is 6.43. The summed E-state index contributed by atoms with van der Waals surface area (Å²) in [5.41, 5.74) is 0.502. The monoisotopic (exact) mass is 293 g/mol. The van der Waals surface area contributed by atoms with E-state index in [0.29, 0.717) is 24.3 Å². The van der Waals surface area contributed by atoms with E-state index in [2.05, 4.69) is 29.4 Å². The van der Waals surface area contributed by atoms with Gasteiger partial charge < -0.3 is 10.6 Å². The van der Waals surface area contributed by atoms with E-state index in [-0.39, 0.29) is 11.7 Å². The molecule has 1 aromatic carbocycles. The standard InChI is InChI=1S/C16H24FN3O/c1-12(2)20(10-15-7-4-8-18-15)11-16(21)19-14-6-3-5-13(17)9-14/h3,5-6,9,12,15,18H,4,7-8,10-11H2,1-2H3,(H,19,21). The lowest BCUT2D eigenvalue weighted by Crippen LogP contribution is -2.44. The lowest BCUT2D eigenvalue weighted by Gasteiger charge is -2.28. The largest absolute Gasteiger partial charge is 0.325 e. The third-order valence-corrected chi connectivity index (χ3v) is 3.80. The number of hydrogen-bond donors (Lipinski definition) is 2. The molecular formula is C16H24FN3O. The van der Waals surface area contributed by atoms with Gasteiger partial charge >= 0.3 is 0 Å². The Bertz CT molecular complexity index is 472. The van der Waals surface area contributed by atoms with Gasteiger partial charge in [0.2, 0.25) is 5.91 Å². The van der Waals surface area contributed by atoms with Crippen LogP contribution in [0.15, 0.2) is 24.3 Å². The van der Waals surface area contributed by atoms with E-state index in [0.717, 1.165) is 19.5 Å². The molecule has 0 radical (unpaired) electrons. The fourth-order valence-electron chi connectivity index (χ4n) is 2.60. The Hall–Kier alpha value is -1.46. The van der Waals surface area contributed by atoms with Gasteiger partial charge in [-0.15, -0.1) is 0 Å². The Labute approximate surface area is 125 Å². The second kappa shape index (κ2) is 7.52. The van der Waals surface area contributed by atoms with E-state index >= 15 is 0 Å². The third kappa shape index (κ3) is 5.10. The van der Waals surface area contributed by atoms with Crippen LogP contribution in [0.5, 0.6) is 0 Å². The van der Waals surface area contributed by atoms with Crippen molar-refractivity contribution < 1.29 is 9.18 Å². The number of carbonyl (C=O) groups excluding carboxylic acids is 1. The summed E-state index contributed by atoms with van der Waals surface area (Å²) in [6, 6.07) is 6.74. The van der Waals surface area contributed by atoms with Crippen LogP contribution in [0.2, 0.25) is 0 Å². The minimum atomic E-state index is -0.344. The number of nitrogens with zero attached hydrogens (tertiary/aromatic N) is 1. The van der Waals surface area contributed by atoms with Gasteiger partial charge in [-0.3, -0.25) is 9.69 Å². The highest BCUT2D eigenvalue weighted by atomic mass is 19.1. The van der Waals surface area contributed by atoms with Crippen molar-refractivity contribution in [3.05, 3.63) is 30.1 Å². The van der Waals surface area contributed by atoms with Crippen molar-refractivity contribution in [1.29, 1.82) is 0 Å². The van der Waals surface area contributed by atoms with E-state index in [1.807, 2.05) is 0 Å². The summed E-state index contributed by atoms with van der Waals surface area (Å²) >= 11 is 0. The summed E-state index contributed by atoms with van der Waals surface area (Å²) < 4.78 is 13.1. The number of benzene rings is 1. The van der Waals surface area contributed by atoms with Crippen LogP contribution in [0, 0.1) is 5.82 Å². The molecular weight excluding hydrogens is 269 g/mol. The number of carbonyl (C=O) groups is 1. The molecule has 1 fully saturated rings. The van der Waals surface area contributed by atoms with Crippen molar-refractivity contribution in [1.82, 2.24) is 10.2 Å². The Morgan fingerprint density at radius 1 is 1.52 bits per heavy atom. The SMILES string of the molecule is CC(C)N(CC(=O)Nc1cccc(F)c1)CC1CCCN1. The Morgan fingerprint density at radius 2 is 2.33 bits per heavy atom. The first-order valence-corrected chi connectivity index (χ1v) is 7.57. The molecule has 0 bridgehead atoms. The van der Waals surface area contributed by atoms with Gasteiger partial charge in [0.25, 0.3) is 0 Å². The molecule has 1 aliphatic heterocycles. The molecule has 0 saturated carbocycles. The molecule has 1 atom stereocenters. The molecule has 116 valence electrons. The van der Waals surface area contributed by atoms with Crippen LogP contribution in [0.3, 0.4) is 0 Å². The molecule has 5 heteroatoms. The van der Waals surface area contributed by atoms with E-state index in [1.54, 1.807) is 12.1 Å². The lowest BCUT2D eigenvalue weighted by molar-refractivity contribution is -0.117. The summed E-state index contributed by atoms with van der Waals surface area (Å²) in [6.07, 6.45) is 2.36. The first-order chi connectivity index (χ1) is 10.0. The molecule has 1 aromatic rings. The number of rotatable bonds is 6. The summed E-state index contributed by atoms with van der Waals surface area (Å²) in [7, 11) is 0. The summed E-state index contributed by atoms with van der Waals surface area (Å²) in [5.74, 6) is -0.448. The second-order valence-corrected chi connectivity index (χ2v) is 5.87. The molecule has 1 saturated heterocycles. The van der Waals surface area contributed by atoms with Gasteiger partial charge in [0.05, 0.1) is 6.54 Å². The quantitative estimate of drug-likeness (QED) is 0.845. The van der Waals surface area contributed by atoms with Crippen molar-refractivity contribution in [2.75, 3.05) is 25.0 Å². The van der Waals surface area contributed by atoms with Crippen molar-refractivity contribution in [3.63, 3.8) is 0 Å². The maximum absolute atomic E-state index is 13.1. The summed E-state index contributed by atoms with van der Waals surface area (Å²) in [5, 5.41) is 6.20. The molecule has 1 unspecified atom stereocenters. The third-order valence-electron chi connectivity index (χ3n) is 3.80. The van der Waals surface area contributed by atoms with Crippen LogP contribution >= 0.6 is 0 Å². The maximum atomic E-state index is 13.1. The summed E-state index contributed by atoms with van der Waals surface area (Å²) in [4.78, 5) is 14.3. The molecule has 21 heavy (non-hydrogen) atoms. The van der Waals surface area contributed by atoms with Crippen molar-refractivity contribution in [2.24, 2.45) is 0 Å². The Morgan fingerprint density at radius 3 is 2.95 bits per heavy atom. The van der Waals surface area contributed by atoms with Gasteiger partial charge in [-0.1, -0.05) is 6.07 Å². The zero-order valence-corrected chi connectivity index (χ0v) is 12.7. The smallest absolute Gasteiger partial charge is 0.238 e. The maximum Gasteiger partial charge on any atom is 0.238 e. The number of nitrogens with one attached hydrogen (secondary N) is 2. The predicted octanol–water partition coefficient (Wildman–Crippen LogP) is 2.23. The first kappa shape index (κ1) is 15.9. The van der Waals surface area contributed by atoms with E-state index in [1.165, 1.54) is 18.6 Å². The van der Waals surface area contributed by atoms with Crippen LogP contribution in [0.1, 0.15) is 26.7 Å². The zero-order chi connectivity index (χ0) is 15.2. The van der Waals surface area contributed by atoms with Gasteiger partial charge in [-0.2, -0.15) is 0 Å². The number of amides is 1. The van der Waals surface area contributed by atoms with Gasteiger partial charge in [0, 0.05) is 24.3 Å². The van der Waals surface area contributed by atoms with Crippen LogP contribution in [-0.4, -0.2) is 42.5 Å². The molecule has 0 aromatic heterocycles. The van der Waals surface area contributed by atoms with Crippen LogP contribution in [-0.2, 0) is 4.79 Å². The molecule has 1 heterocycles. The predicted molar refractivity (Wildman–Crippen MR) is 82.8 cm³/mol. The van der Waals surface area contributed by atoms with Crippen LogP contribution in [0.4, 0.5) is 10.1 Å². The highest BCUT2D eigenvalue weighted by Gasteiger charge is 2.21. The minimum absolute atomic E-state index is 0.104. The van der Waals surface area contributed by atoms with Gasteiger partial charge in [-0.05, 0) is 51.4 Å². The number of halogens is 1. The topological polar surface area (TPSA) is 44.4 Å². The van der Waals surface area contributed by atoms with Crippen LogP contribution < -0.4 is 10.6 Å². The minimum Gasteiger partial charge on any atom is -0.325 e. The normalized spacial score (nSPS) is 18.4. The molecule has 0 spiro atoms. The fourth-order valence-corrected chi connectivity index (χ4v) is 2.60. The van der Waals surface area contributed by atoms with Crippen LogP contribution in [0.25, 0.3) is 0 Å². The average Bonchev–Trinajstić information content (AvgIpc) is 2.90.